The van der Waals surface area contributed by atoms with Crippen molar-refractivity contribution in [1.82, 2.24) is 4.98 Å². The lowest BCUT2D eigenvalue weighted by atomic mass is 10.2. The van der Waals surface area contributed by atoms with E-state index in [-0.39, 0.29) is 5.69 Å². The molecule has 1 rings (SSSR count). The summed E-state index contributed by atoms with van der Waals surface area (Å²) < 4.78 is 39.5. The summed E-state index contributed by atoms with van der Waals surface area (Å²) in [6.07, 6.45) is -4.67. The van der Waals surface area contributed by atoms with Crippen molar-refractivity contribution < 1.29 is 27.8 Å². The molecule has 0 saturated carbocycles. The molecule has 0 fully saturated rings. The summed E-state index contributed by atoms with van der Waals surface area (Å²) in [5.74, 6) is -2.01. The number of pyridine rings is 1. The maximum Gasteiger partial charge on any atom is 0.573 e. The molecule has 8 heteroatoms. The Kier molecular flexibility index (Phi) is 3.52. The molecule has 90 valence electrons. The Hall–Kier alpha value is -2.30. The van der Waals surface area contributed by atoms with Gasteiger partial charge in [-0.1, -0.05) is 0 Å². The van der Waals surface area contributed by atoms with E-state index in [2.05, 4.69) is 9.72 Å². The highest BCUT2D eigenvalue weighted by Gasteiger charge is 2.32. The molecular weight excluding hydrogens is 241 g/mol. The lowest BCUT2D eigenvalue weighted by molar-refractivity contribution is -0.274. The summed E-state index contributed by atoms with van der Waals surface area (Å²) >= 11 is 0. The molecule has 0 bridgehead atoms. The average molecular weight is 246 g/mol. The van der Waals surface area contributed by atoms with E-state index in [0.29, 0.717) is 0 Å². The first-order chi connectivity index (χ1) is 7.81. The van der Waals surface area contributed by atoms with E-state index in [4.69, 9.17) is 10.4 Å². The Labute approximate surface area is 93.1 Å². The molecule has 0 atom stereocenters. The highest BCUT2D eigenvalue weighted by atomic mass is 19.4. The number of alkyl halides is 3. The Morgan fingerprint density at radius 2 is 2.24 bits per heavy atom. The quantitative estimate of drug-likeness (QED) is 0.873. The fourth-order valence-electron chi connectivity index (χ4n) is 1.02. The van der Waals surface area contributed by atoms with Gasteiger partial charge in [-0.25, -0.2) is 0 Å². The minimum Gasteiger partial charge on any atom is -0.481 e. The summed E-state index contributed by atoms with van der Waals surface area (Å²) in [5, 5.41) is 17.0. The smallest absolute Gasteiger partial charge is 0.481 e. The number of halogens is 3. The van der Waals surface area contributed by atoms with Gasteiger partial charge in [-0.05, 0) is 0 Å². The molecular formula is C9H5F3N2O3. The molecule has 0 saturated heterocycles. The highest BCUT2D eigenvalue weighted by molar-refractivity contribution is 5.69. The molecule has 5 nitrogen and oxygen atoms in total. The normalized spacial score (nSPS) is 10.7. The first-order valence-corrected chi connectivity index (χ1v) is 4.18. The minimum absolute atomic E-state index is 0.129. The maximum absolute atomic E-state index is 12.0. The fourth-order valence-corrected chi connectivity index (χ4v) is 1.02. The van der Waals surface area contributed by atoms with Crippen LogP contribution >= 0.6 is 0 Å². The fraction of sp³-hybridized carbons (Fsp3) is 0.222. The number of carboxylic acids is 1. The van der Waals surface area contributed by atoms with Crippen molar-refractivity contribution >= 4 is 5.97 Å². The zero-order valence-electron chi connectivity index (χ0n) is 8.15. The zero-order chi connectivity index (χ0) is 13.1. The first kappa shape index (κ1) is 12.8. The van der Waals surface area contributed by atoms with Crippen molar-refractivity contribution in [1.29, 1.82) is 5.26 Å². The van der Waals surface area contributed by atoms with Crippen LogP contribution in [-0.2, 0) is 11.2 Å². The van der Waals surface area contributed by atoms with Gasteiger partial charge in [-0.3, -0.25) is 9.78 Å². The van der Waals surface area contributed by atoms with Gasteiger partial charge >= 0.3 is 12.3 Å². The summed E-state index contributed by atoms with van der Waals surface area (Å²) in [7, 11) is 0. The van der Waals surface area contributed by atoms with E-state index in [1.807, 2.05) is 0 Å². The molecule has 0 radical (unpaired) electrons. The molecule has 17 heavy (non-hydrogen) atoms. The molecule has 1 aromatic rings. The van der Waals surface area contributed by atoms with E-state index in [0.717, 1.165) is 12.3 Å². The van der Waals surface area contributed by atoms with Gasteiger partial charge < -0.3 is 9.84 Å². The van der Waals surface area contributed by atoms with Crippen LogP contribution < -0.4 is 4.74 Å². The molecule has 0 aliphatic rings. The number of nitrogens with zero attached hydrogens (tertiary/aromatic N) is 2. The van der Waals surface area contributed by atoms with Crippen molar-refractivity contribution in [3.63, 3.8) is 0 Å². The van der Waals surface area contributed by atoms with Gasteiger partial charge in [-0.15, -0.1) is 13.2 Å². The van der Waals surface area contributed by atoms with Crippen molar-refractivity contribution in [2.24, 2.45) is 0 Å². The van der Waals surface area contributed by atoms with Gasteiger partial charge in [0.1, 0.15) is 11.6 Å². The topological polar surface area (TPSA) is 83.2 Å². The van der Waals surface area contributed by atoms with Crippen molar-refractivity contribution in [2.75, 3.05) is 0 Å². The molecule has 0 aromatic carbocycles. The standard InChI is InChI=1S/C9H5F3N2O3/c10-9(11,12)17-7-1-6(2-8(15)16)14-4-5(7)3-13/h1,4H,2H2,(H,15,16). The predicted octanol–water partition coefficient (Wildman–Crippen LogP) is 1.48. The van der Waals surface area contributed by atoms with E-state index in [9.17, 15) is 18.0 Å². The number of aliphatic carboxylic acids is 1. The Morgan fingerprint density at radius 3 is 2.71 bits per heavy atom. The Bertz CT molecular complexity index is 479. The van der Waals surface area contributed by atoms with Gasteiger partial charge in [-0.2, -0.15) is 5.26 Å². The minimum atomic E-state index is -4.95. The summed E-state index contributed by atoms with van der Waals surface area (Å²) in [4.78, 5) is 13.9. The molecule has 1 N–H and O–H groups in total. The molecule has 0 aliphatic carbocycles. The first-order valence-electron chi connectivity index (χ1n) is 4.18. The number of ether oxygens (including phenoxy) is 1. The van der Waals surface area contributed by atoms with Crippen molar-refractivity contribution in [3.8, 4) is 11.8 Å². The van der Waals surface area contributed by atoms with E-state index < -0.39 is 30.1 Å². The lowest BCUT2D eigenvalue weighted by Crippen LogP contribution is -2.18. The molecule has 0 amide bonds. The molecule has 1 heterocycles. The summed E-state index contributed by atoms with van der Waals surface area (Å²) in [6.45, 7) is 0. The van der Waals surface area contributed by atoms with Crippen LogP contribution in [0, 0.1) is 11.3 Å². The highest BCUT2D eigenvalue weighted by Crippen LogP contribution is 2.26. The second-order valence-electron chi connectivity index (χ2n) is 2.90. The van der Waals surface area contributed by atoms with Crippen LogP contribution in [0.4, 0.5) is 13.2 Å². The van der Waals surface area contributed by atoms with Crippen molar-refractivity contribution in [3.05, 3.63) is 23.5 Å². The lowest BCUT2D eigenvalue weighted by Gasteiger charge is -2.10. The number of carboxylic acid groups (broad SMARTS) is 1. The van der Waals surface area contributed by atoms with Gasteiger partial charge in [0.25, 0.3) is 0 Å². The van der Waals surface area contributed by atoms with Gasteiger partial charge in [0.05, 0.1) is 12.1 Å². The molecule has 0 unspecified atom stereocenters. The van der Waals surface area contributed by atoms with Crippen LogP contribution in [0.1, 0.15) is 11.3 Å². The predicted molar refractivity (Wildman–Crippen MR) is 47.0 cm³/mol. The van der Waals surface area contributed by atoms with Crippen LogP contribution in [0.25, 0.3) is 0 Å². The number of carbonyl (C=O) groups is 1. The van der Waals surface area contributed by atoms with Crippen LogP contribution in [0.5, 0.6) is 5.75 Å². The van der Waals surface area contributed by atoms with E-state index >= 15 is 0 Å². The third-order valence-electron chi connectivity index (χ3n) is 1.60. The summed E-state index contributed by atoms with van der Waals surface area (Å²) in [5.41, 5.74) is -0.549. The molecule has 0 aliphatic heterocycles. The third kappa shape index (κ3) is 3.98. The van der Waals surface area contributed by atoms with Gasteiger partial charge in [0.2, 0.25) is 0 Å². The zero-order valence-corrected chi connectivity index (χ0v) is 8.15. The largest absolute Gasteiger partial charge is 0.573 e. The number of nitriles is 1. The van der Waals surface area contributed by atoms with Gasteiger partial charge in [0, 0.05) is 12.3 Å². The van der Waals surface area contributed by atoms with E-state index in [1.54, 1.807) is 0 Å². The third-order valence-corrected chi connectivity index (χ3v) is 1.60. The van der Waals surface area contributed by atoms with E-state index in [1.165, 1.54) is 6.07 Å². The molecule has 0 spiro atoms. The van der Waals surface area contributed by atoms with Crippen LogP contribution in [-0.4, -0.2) is 22.4 Å². The van der Waals surface area contributed by atoms with Crippen LogP contribution in [0.15, 0.2) is 12.3 Å². The number of hydrogen-bond acceptors (Lipinski definition) is 4. The molecule has 1 aromatic heterocycles. The number of aromatic nitrogens is 1. The van der Waals surface area contributed by atoms with Crippen molar-refractivity contribution in [2.45, 2.75) is 12.8 Å². The second kappa shape index (κ2) is 4.69. The SMILES string of the molecule is N#Cc1cnc(CC(=O)O)cc1OC(F)(F)F. The van der Waals surface area contributed by atoms with Crippen LogP contribution in [0.3, 0.4) is 0 Å². The Balaban J connectivity index is 3.07. The monoisotopic (exact) mass is 246 g/mol. The summed E-state index contributed by atoms with van der Waals surface area (Å²) in [6, 6.07) is 2.24. The van der Waals surface area contributed by atoms with Crippen LogP contribution in [0.2, 0.25) is 0 Å². The maximum atomic E-state index is 12.0. The second-order valence-corrected chi connectivity index (χ2v) is 2.90. The number of rotatable bonds is 3. The Morgan fingerprint density at radius 1 is 1.59 bits per heavy atom. The average Bonchev–Trinajstić information content (AvgIpc) is 2.14. The van der Waals surface area contributed by atoms with Gasteiger partial charge in [0.15, 0.2) is 5.75 Å². The number of hydrogen-bond donors (Lipinski definition) is 1.